The first-order chi connectivity index (χ1) is 20.2. The smallest absolute Gasteiger partial charge is 0.270 e. The van der Waals surface area contributed by atoms with Gasteiger partial charge in [0, 0.05) is 54.2 Å². The molecular formula is C30H29ClN8O3. The van der Waals surface area contributed by atoms with Crippen molar-refractivity contribution in [1.82, 2.24) is 35.1 Å². The number of rotatable bonds is 9. The van der Waals surface area contributed by atoms with Crippen LogP contribution >= 0.6 is 11.6 Å². The zero-order chi connectivity index (χ0) is 29.8. The Kier molecular flexibility index (Phi) is 8.30. The van der Waals surface area contributed by atoms with Crippen molar-refractivity contribution in [1.29, 1.82) is 0 Å². The summed E-state index contributed by atoms with van der Waals surface area (Å²) in [5.74, 6) is -0.871. The van der Waals surface area contributed by atoms with E-state index in [2.05, 4.69) is 31.1 Å². The van der Waals surface area contributed by atoms with Crippen LogP contribution in [-0.2, 0) is 18.3 Å². The molecule has 0 aliphatic carbocycles. The average Bonchev–Trinajstić information content (AvgIpc) is 3.66. The van der Waals surface area contributed by atoms with Crippen molar-refractivity contribution in [2.75, 3.05) is 5.32 Å². The van der Waals surface area contributed by atoms with Gasteiger partial charge in [0.1, 0.15) is 11.7 Å². The Balaban J connectivity index is 1.43. The number of aromatic nitrogens is 6. The molecule has 0 saturated heterocycles. The number of hydrogen-bond acceptors (Lipinski definition) is 6. The van der Waals surface area contributed by atoms with Crippen LogP contribution in [0.25, 0.3) is 22.4 Å². The number of aryl methyl sites for hydroxylation is 1. The van der Waals surface area contributed by atoms with Crippen molar-refractivity contribution in [3.63, 3.8) is 0 Å². The van der Waals surface area contributed by atoms with E-state index in [1.54, 1.807) is 54.3 Å². The predicted octanol–water partition coefficient (Wildman–Crippen LogP) is 4.25. The maximum absolute atomic E-state index is 13.6. The fourth-order valence-corrected chi connectivity index (χ4v) is 4.74. The number of nitrogens with one attached hydrogen (secondary N) is 3. The van der Waals surface area contributed by atoms with Gasteiger partial charge in [-0.3, -0.25) is 24.2 Å². The van der Waals surface area contributed by atoms with E-state index in [4.69, 9.17) is 11.6 Å². The number of nitrogens with zero attached hydrogens (tertiary/aromatic N) is 5. The number of pyridine rings is 1. The van der Waals surface area contributed by atoms with Gasteiger partial charge < -0.3 is 15.2 Å². The molecule has 12 heteroatoms. The van der Waals surface area contributed by atoms with Gasteiger partial charge >= 0.3 is 0 Å². The molecule has 0 aliphatic rings. The van der Waals surface area contributed by atoms with Gasteiger partial charge in [-0.25, -0.2) is 0 Å². The Labute approximate surface area is 246 Å². The lowest BCUT2D eigenvalue weighted by Gasteiger charge is -2.20. The standard InChI is InChI=1S/C30H29ClN8O3/c1-18(2)39-17-21(7-11-28(39)40)20-6-10-24(31)22(14-20)15-25(35-30(42)27-12-13-33-38(27)3)29(41)34-23-8-4-19(5-9-23)26-16-32-37-36-26/h4-14,16-18,25H,15H2,1-3H3,(H,34,41)(H,35,42)(H,32,36,37). The molecule has 0 fully saturated rings. The second-order valence-electron chi connectivity index (χ2n) is 10.1. The van der Waals surface area contributed by atoms with Crippen LogP contribution in [0.5, 0.6) is 0 Å². The first-order valence-corrected chi connectivity index (χ1v) is 13.6. The molecule has 11 nitrogen and oxygen atoms in total. The highest BCUT2D eigenvalue weighted by Crippen LogP contribution is 2.27. The van der Waals surface area contributed by atoms with Crippen LogP contribution < -0.4 is 16.2 Å². The van der Waals surface area contributed by atoms with Crippen LogP contribution in [-0.4, -0.2) is 47.6 Å². The average molecular weight is 585 g/mol. The van der Waals surface area contributed by atoms with Crippen LogP contribution in [0.1, 0.15) is 35.9 Å². The number of amides is 2. The summed E-state index contributed by atoms with van der Waals surface area (Å²) in [6.07, 6.45) is 5.03. The summed E-state index contributed by atoms with van der Waals surface area (Å²) in [6, 6.07) is 16.5. The largest absolute Gasteiger partial charge is 0.339 e. The Bertz CT molecular complexity index is 1780. The molecule has 0 spiro atoms. The first kappa shape index (κ1) is 28.5. The van der Waals surface area contributed by atoms with Gasteiger partial charge in [0.05, 0.1) is 11.9 Å². The van der Waals surface area contributed by atoms with E-state index in [1.807, 2.05) is 38.1 Å². The maximum Gasteiger partial charge on any atom is 0.270 e. The minimum Gasteiger partial charge on any atom is -0.339 e. The monoisotopic (exact) mass is 584 g/mol. The highest BCUT2D eigenvalue weighted by Gasteiger charge is 2.25. The summed E-state index contributed by atoms with van der Waals surface area (Å²) in [4.78, 5) is 39.0. The summed E-state index contributed by atoms with van der Waals surface area (Å²) in [7, 11) is 1.65. The molecule has 5 rings (SSSR count). The molecule has 0 aliphatic heterocycles. The predicted molar refractivity (Wildman–Crippen MR) is 160 cm³/mol. The molecule has 0 bridgehead atoms. The fourth-order valence-electron chi connectivity index (χ4n) is 4.55. The maximum atomic E-state index is 13.6. The zero-order valence-electron chi connectivity index (χ0n) is 23.2. The number of hydrogen-bond donors (Lipinski definition) is 3. The minimum atomic E-state index is -0.971. The molecular weight excluding hydrogens is 556 g/mol. The molecule has 3 N–H and O–H groups in total. The van der Waals surface area contributed by atoms with Crippen molar-refractivity contribution in [3.8, 4) is 22.4 Å². The Morgan fingerprint density at radius 3 is 2.40 bits per heavy atom. The first-order valence-electron chi connectivity index (χ1n) is 13.3. The van der Waals surface area contributed by atoms with Crippen LogP contribution in [0.4, 0.5) is 5.69 Å². The molecule has 2 amide bonds. The number of anilines is 1. The van der Waals surface area contributed by atoms with Crippen molar-refractivity contribution in [3.05, 3.63) is 106 Å². The summed E-state index contributed by atoms with van der Waals surface area (Å²) in [5.41, 5.74) is 4.67. The SMILES string of the molecule is CC(C)n1cc(-c2ccc(Cl)c(CC(NC(=O)c3ccnn3C)C(=O)Nc3ccc(-c4cnn[nH]4)cc3)c2)ccc1=O. The lowest BCUT2D eigenvalue weighted by molar-refractivity contribution is -0.118. The van der Waals surface area contributed by atoms with Gasteiger partial charge in [0.25, 0.3) is 11.5 Å². The third-order valence-electron chi connectivity index (χ3n) is 6.85. The molecule has 1 atom stereocenters. The molecule has 214 valence electrons. The van der Waals surface area contributed by atoms with E-state index in [-0.39, 0.29) is 18.0 Å². The van der Waals surface area contributed by atoms with Crippen LogP contribution in [0.15, 0.2) is 84.0 Å². The second-order valence-corrected chi connectivity index (χ2v) is 10.5. The summed E-state index contributed by atoms with van der Waals surface area (Å²) in [6.45, 7) is 3.88. The Morgan fingerprint density at radius 1 is 1.00 bits per heavy atom. The third-order valence-corrected chi connectivity index (χ3v) is 7.22. The van der Waals surface area contributed by atoms with E-state index in [1.165, 1.54) is 16.9 Å². The lowest BCUT2D eigenvalue weighted by Crippen LogP contribution is -2.45. The molecule has 42 heavy (non-hydrogen) atoms. The van der Waals surface area contributed by atoms with Crippen LogP contribution in [0, 0.1) is 0 Å². The van der Waals surface area contributed by atoms with E-state index < -0.39 is 17.9 Å². The molecule has 1 unspecified atom stereocenters. The summed E-state index contributed by atoms with van der Waals surface area (Å²) in [5, 5.41) is 20.5. The number of halogens is 1. The molecule has 2 aromatic carbocycles. The van der Waals surface area contributed by atoms with Crippen molar-refractivity contribution in [2.45, 2.75) is 32.4 Å². The van der Waals surface area contributed by atoms with Crippen LogP contribution in [0.3, 0.4) is 0 Å². The van der Waals surface area contributed by atoms with Gasteiger partial charge in [-0.15, -0.1) is 5.10 Å². The zero-order valence-corrected chi connectivity index (χ0v) is 24.0. The molecule has 3 aromatic heterocycles. The fraction of sp³-hybridized carbons (Fsp3) is 0.200. The van der Waals surface area contributed by atoms with Gasteiger partial charge in [-0.1, -0.05) is 35.0 Å². The molecule has 3 heterocycles. The minimum absolute atomic E-state index is 0.00951. The lowest BCUT2D eigenvalue weighted by atomic mass is 9.99. The van der Waals surface area contributed by atoms with Crippen LogP contribution in [0.2, 0.25) is 5.02 Å². The number of aromatic amines is 1. The Hall–Kier alpha value is -5.03. The number of H-pyrrole nitrogens is 1. The quantitative estimate of drug-likeness (QED) is 0.237. The van der Waals surface area contributed by atoms with Gasteiger partial charge in [-0.05, 0) is 66.9 Å². The van der Waals surface area contributed by atoms with Crippen molar-refractivity contribution < 1.29 is 9.59 Å². The Morgan fingerprint density at radius 2 is 1.74 bits per heavy atom. The topological polar surface area (TPSA) is 140 Å². The number of carbonyl (C=O) groups excluding carboxylic acids is 2. The molecule has 0 saturated carbocycles. The van der Waals surface area contributed by atoms with Gasteiger partial charge in [0.15, 0.2) is 0 Å². The van der Waals surface area contributed by atoms with E-state index in [0.29, 0.717) is 22.0 Å². The third kappa shape index (κ3) is 6.31. The summed E-state index contributed by atoms with van der Waals surface area (Å²) >= 11 is 6.60. The number of benzene rings is 2. The van der Waals surface area contributed by atoms with Crippen molar-refractivity contribution in [2.24, 2.45) is 7.05 Å². The summed E-state index contributed by atoms with van der Waals surface area (Å²) < 4.78 is 3.09. The van der Waals surface area contributed by atoms with E-state index in [9.17, 15) is 14.4 Å². The van der Waals surface area contributed by atoms with E-state index >= 15 is 0 Å². The molecule has 0 radical (unpaired) electrons. The highest BCUT2D eigenvalue weighted by molar-refractivity contribution is 6.31. The normalized spacial score (nSPS) is 11.8. The van der Waals surface area contributed by atoms with Gasteiger partial charge in [-0.2, -0.15) is 5.10 Å². The van der Waals surface area contributed by atoms with Gasteiger partial charge in [0.2, 0.25) is 5.91 Å². The number of carbonyl (C=O) groups is 2. The molecule has 5 aromatic rings. The highest BCUT2D eigenvalue weighted by atomic mass is 35.5. The van der Waals surface area contributed by atoms with E-state index in [0.717, 1.165) is 22.4 Å². The van der Waals surface area contributed by atoms with Crippen molar-refractivity contribution >= 4 is 29.1 Å². The second kappa shape index (κ2) is 12.2.